The molecular formula is C20H22O3. The molecule has 0 heterocycles. The summed E-state index contributed by atoms with van der Waals surface area (Å²) in [6.07, 6.45) is 1.70. The van der Waals surface area contributed by atoms with Gasteiger partial charge in [0.2, 0.25) is 0 Å². The molecular weight excluding hydrogens is 288 g/mol. The first-order valence-electron chi connectivity index (χ1n) is 7.66. The average Bonchev–Trinajstić information content (AvgIpc) is 2.48. The summed E-state index contributed by atoms with van der Waals surface area (Å²) in [6, 6.07) is 13.2. The largest absolute Gasteiger partial charge is 0.490 e. The summed E-state index contributed by atoms with van der Waals surface area (Å²) in [4.78, 5) is 11.7. The van der Waals surface area contributed by atoms with E-state index in [2.05, 4.69) is 0 Å². The van der Waals surface area contributed by atoms with Gasteiger partial charge in [0.15, 0.2) is 0 Å². The minimum atomic E-state index is -0.951. The van der Waals surface area contributed by atoms with Crippen molar-refractivity contribution in [3.8, 4) is 5.75 Å². The maximum Gasteiger partial charge on any atom is 0.336 e. The van der Waals surface area contributed by atoms with Crippen molar-refractivity contribution in [2.24, 2.45) is 0 Å². The molecule has 0 aliphatic heterocycles. The first kappa shape index (κ1) is 16.8. The van der Waals surface area contributed by atoms with Crippen LogP contribution in [0.5, 0.6) is 5.75 Å². The molecule has 0 radical (unpaired) electrons. The molecule has 1 N–H and O–H groups in total. The smallest absolute Gasteiger partial charge is 0.336 e. The third-order valence-corrected chi connectivity index (χ3v) is 3.63. The monoisotopic (exact) mass is 310 g/mol. The normalized spacial score (nSPS) is 11.6. The summed E-state index contributed by atoms with van der Waals surface area (Å²) >= 11 is 0. The molecule has 3 heteroatoms. The Morgan fingerprint density at radius 3 is 2.39 bits per heavy atom. The van der Waals surface area contributed by atoms with Gasteiger partial charge in [-0.15, -0.1) is 0 Å². The van der Waals surface area contributed by atoms with Gasteiger partial charge < -0.3 is 9.84 Å². The number of hydrogen-bond acceptors (Lipinski definition) is 2. The van der Waals surface area contributed by atoms with E-state index in [-0.39, 0.29) is 11.7 Å². The van der Waals surface area contributed by atoms with E-state index in [1.165, 1.54) is 0 Å². The Morgan fingerprint density at radius 2 is 1.78 bits per heavy atom. The Bertz CT molecular complexity index is 742. The van der Waals surface area contributed by atoms with Gasteiger partial charge in [0.25, 0.3) is 0 Å². The fraction of sp³-hybridized carbons (Fsp3) is 0.250. The van der Waals surface area contributed by atoms with Crippen LogP contribution in [0.15, 0.2) is 42.5 Å². The van der Waals surface area contributed by atoms with Gasteiger partial charge in [-0.1, -0.05) is 36.4 Å². The predicted molar refractivity (Wildman–Crippen MR) is 93.6 cm³/mol. The Kier molecular flexibility index (Phi) is 5.22. The molecule has 23 heavy (non-hydrogen) atoms. The standard InChI is InChI=1S/C20H22O3/c1-13(2)23-19-8-6-5-7-17(19)12-18(20(21)22)16-10-9-14(3)15(4)11-16/h5-13H,1-4H3,(H,21,22)/b18-12-. The average molecular weight is 310 g/mol. The van der Waals surface area contributed by atoms with Gasteiger partial charge in [-0.2, -0.15) is 0 Å². The summed E-state index contributed by atoms with van der Waals surface area (Å²) in [5, 5.41) is 9.61. The van der Waals surface area contributed by atoms with Crippen LogP contribution in [-0.4, -0.2) is 17.2 Å². The zero-order chi connectivity index (χ0) is 17.0. The van der Waals surface area contributed by atoms with Crippen LogP contribution < -0.4 is 4.74 Å². The quantitative estimate of drug-likeness (QED) is 0.642. The second-order valence-electron chi connectivity index (χ2n) is 5.87. The van der Waals surface area contributed by atoms with Crippen molar-refractivity contribution in [1.82, 2.24) is 0 Å². The summed E-state index contributed by atoms with van der Waals surface area (Å²) in [6.45, 7) is 7.88. The van der Waals surface area contributed by atoms with Gasteiger partial charge in [-0.3, -0.25) is 0 Å². The summed E-state index contributed by atoms with van der Waals surface area (Å²) in [5.74, 6) is -0.266. The van der Waals surface area contributed by atoms with Crippen LogP contribution in [0, 0.1) is 13.8 Å². The fourth-order valence-electron chi connectivity index (χ4n) is 2.29. The molecule has 0 spiro atoms. The van der Waals surface area contributed by atoms with E-state index < -0.39 is 5.97 Å². The number of carboxylic acid groups (broad SMARTS) is 1. The summed E-state index contributed by atoms with van der Waals surface area (Å²) in [5.41, 5.74) is 3.92. The molecule has 0 unspecified atom stereocenters. The molecule has 0 saturated heterocycles. The molecule has 0 saturated carbocycles. The highest BCUT2D eigenvalue weighted by atomic mass is 16.5. The number of rotatable bonds is 5. The second kappa shape index (κ2) is 7.14. The van der Waals surface area contributed by atoms with Crippen molar-refractivity contribution in [1.29, 1.82) is 0 Å². The van der Waals surface area contributed by atoms with E-state index >= 15 is 0 Å². The van der Waals surface area contributed by atoms with Gasteiger partial charge in [0.1, 0.15) is 5.75 Å². The van der Waals surface area contributed by atoms with Crippen LogP contribution >= 0.6 is 0 Å². The van der Waals surface area contributed by atoms with Gasteiger partial charge in [0, 0.05) is 5.56 Å². The highest BCUT2D eigenvalue weighted by Crippen LogP contribution is 2.26. The Labute approximate surface area is 137 Å². The SMILES string of the molecule is Cc1ccc(/C(=C/c2ccccc2OC(C)C)C(=O)O)cc1C. The number of carbonyl (C=O) groups is 1. The maximum atomic E-state index is 11.7. The number of hydrogen-bond donors (Lipinski definition) is 1. The first-order chi connectivity index (χ1) is 10.9. The summed E-state index contributed by atoms with van der Waals surface area (Å²) < 4.78 is 5.77. The van der Waals surface area contributed by atoms with Crippen molar-refractivity contribution >= 4 is 17.6 Å². The van der Waals surface area contributed by atoms with Gasteiger partial charge in [0.05, 0.1) is 11.7 Å². The van der Waals surface area contributed by atoms with Crippen molar-refractivity contribution in [3.63, 3.8) is 0 Å². The first-order valence-corrected chi connectivity index (χ1v) is 7.66. The van der Waals surface area contributed by atoms with Crippen molar-refractivity contribution in [2.75, 3.05) is 0 Å². The van der Waals surface area contributed by atoms with Crippen LogP contribution in [0.2, 0.25) is 0 Å². The molecule has 0 aromatic heterocycles. The summed E-state index contributed by atoms with van der Waals surface area (Å²) in [7, 11) is 0. The lowest BCUT2D eigenvalue weighted by molar-refractivity contribution is -0.130. The van der Waals surface area contributed by atoms with E-state index in [1.807, 2.05) is 70.2 Å². The van der Waals surface area contributed by atoms with E-state index in [4.69, 9.17) is 4.74 Å². The number of carboxylic acids is 1. The molecule has 2 rings (SSSR count). The van der Waals surface area contributed by atoms with Crippen LogP contribution in [0.25, 0.3) is 11.6 Å². The van der Waals surface area contributed by atoms with Crippen LogP contribution in [-0.2, 0) is 4.79 Å². The number of aryl methyl sites for hydroxylation is 2. The minimum absolute atomic E-state index is 0.0273. The molecule has 0 aliphatic rings. The molecule has 2 aromatic carbocycles. The van der Waals surface area contributed by atoms with E-state index in [9.17, 15) is 9.90 Å². The third-order valence-electron chi connectivity index (χ3n) is 3.63. The van der Waals surface area contributed by atoms with Crippen molar-refractivity contribution in [3.05, 3.63) is 64.7 Å². The van der Waals surface area contributed by atoms with Gasteiger partial charge >= 0.3 is 5.97 Å². The molecule has 0 bridgehead atoms. The molecule has 0 aliphatic carbocycles. The van der Waals surface area contributed by atoms with Crippen molar-refractivity contribution < 1.29 is 14.6 Å². The van der Waals surface area contributed by atoms with E-state index in [0.29, 0.717) is 11.3 Å². The predicted octanol–water partition coefficient (Wildman–Crippen LogP) is 4.72. The number of para-hydroxylation sites is 1. The van der Waals surface area contributed by atoms with Crippen molar-refractivity contribution in [2.45, 2.75) is 33.8 Å². The third kappa shape index (κ3) is 4.22. The molecule has 120 valence electrons. The fourth-order valence-corrected chi connectivity index (χ4v) is 2.29. The maximum absolute atomic E-state index is 11.7. The number of benzene rings is 2. The number of ether oxygens (including phenoxy) is 1. The molecule has 0 amide bonds. The van der Waals surface area contributed by atoms with E-state index in [1.54, 1.807) is 6.08 Å². The molecule has 2 aromatic rings. The topological polar surface area (TPSA) is 46.5 Å². The molecule has 3 nitrogen and oxygen atoms in total. The van der Waals surface area contributed by atoms with Crippen LogP contribution in [0.4, 0.5) is 0 Å². The second-order valence-corrected chi connectivity index (χ2v) is 5.87. The Hall–Kier alpha value is -2.55. The van der Waals surface area contributed by atoms with Gasteiger partial charge in [-0.05, 0) is 56.5 Å². The minimum Gasteiger partial charge on any atom is -0.490 e. The zero-order valence-electron chi connectivity index (χ0n) is 14.0. The van der Waals surface area contributed by atoms with Gasteiger partial charge in [-0.25, -0.2) is 4.79 Å². The lowest BCUT2D eigenvalue weighted by Gasteiger charge is -2.13. The highest BCUT2D eigenvalue weighted by molar-refractivity contribution is 6.20. The Balaban J connectivity index is 2.52. The molecule has 0 atom stereocenters. The Morgan fingerprint density at radius 1 is 1.09 bits per heavy atom. The van der Waals surface area contributed by atoms with Crippen LogP contribution in [0.3, 0.4) is 0 Å². The molecule has 0 fully saturated rings. The zero-order valence-corrected chi connectivity index (χ0v) is 14.0. The lowest BCUT2D eigenvalue weighted by atomic mass is 9.98. The van der Waals surface area contributed by atoms with E-state index in [0.717, 1.165) is 16.7 Å². The highest BCUT2D eigenvalue weighted by Gasteiger charge is 2.13. The lowest BCUT2D eigenvalue weighted by Crippen LogP contribution is -2.07. The van der Waals surface area contributed by atoms with Crippen LogP contribution in [0.1, 0.15) is 36.1 Å². The number of aliphatic carboxylic acids is 1.